The number of fused-ring (bicyclic) bond motifs is 1. The van der Waals surface area contributed by atoms with E-state index in [1.807, 2.05) is 36.6 Å². The third kappa shape index (κ3) is 5.20. The molecule has 0 saturated carbocycles. The topological polar surface area (TPSA) is 111 Å². The standard InChI is InChI=1S/C26H27N3O6S2/c1-3-34-22-6-4-5-18-15-23(35-24(18)22)21-16-36-26(27-21)28-25(30)17-11-13-29(14-12-17)37(31,32)20-9-7-19(33-2)8-10-20/h4-10,15-17H,3,11-14H2,1-2H3,(H,27,28,30). The summed E-state index contributed by atoms with van der Waals surface area (Å²) < 4.78 is 44.1. The van der Waals surface area contributed by atoms with Gasteiger partial charge in [0.05, 0.1) is 18.6 Å². The van der Waals surface area contributed by atoms with Gasteiger partial charge in [0.1, 0.15) is 11.4 Å². The molecule has 3 heterocycles. The van der Waals surface area contributed by atoms with Crippen molar-refractivity contribution in [3.05, 3.63) is 53.9 Å². The zero-order chi connectivity index (χ0) is 26.0. The SMILES string of the molecule is CCOc1cccc2cc(-c3csc(NC(=O)C4CCN(S(=O)(=O)c5ccc(OC)cc5)CC4)n3)oc12. The highest BCUT2D eigenvalue weighted by Gasteiger charge is 2.32. The summed E-state index contributed by atoms with van der Waals surface area (Å²) in [4.78, 5) is 17.6. The molecule has 37 heavy (non-hydrogen) atoms. The number of nitrogens with one attached hydrogen (secondary N) is 1. The molecule has 5 rings (SSSR count). The molecule has 0 atom stereocenters. The number of para-hydroxylation sites is 1. The van der Waals surface area contributed by atoms with Crippen LogP contribution in [0.1, 0.15) is 19.8 Å². The minimum Gasteiger partial charge on any atom is -0.497 e. The normalized spacial score (nSPS) is 15.1. The number of ether oxygens (including phenoxy) is 2. The number of benzene rings is 2. The van der Waals surface area contributed by atoms with Crippen molar-refractivity contribution >= 4 is 43.4 Å². The van der Waals surface area contributed by atoms with Crippen molar-refractivity contribution in [1.29, 1.82) is 0 Å². The summed E-state index contributed by atoms with van der Waals surface area (Å²) in [7, 11) is -2.09. The molecule has 1 saturated heterocycles. The van der Waals surface area contributed by atoms with E-state index in [-0.39, 0.29) is 29.8 Å². The number of carbonyl (C=O) groups excluding carboxylic acids is 1. The summed E-state index contributed by atoms with van der Waals surface area (Å²) in [5.41, 5.74) is 1.29. The van der Waals surface area contributed by atoms with Gasteiger partial charge in [0.2, 0.25) is 15.9 Å². The molecule has 9 nitrogen and oxygen atoms in total. The van der Waals surface area contributed by atoms with Crippen molar-refractivity contribution < 1.29 is 27.1 Å². The van der Waals surface area contributed by atoms with Gasteiger partial charge in [-0.15, -0.1) is 11.3 Å². The van der Waals surface area contributed by atoms with Crippen LogP contribution in [-0.2, 0) is 14.8 Å². The molecule has 1 amide bonds. The number of hydrogen-bond acceptors (Lipinski definition) is 8. The molecule has 1 N–H and O–H groups in total. The van der Waals surface area contributed by atoms with Gasteiger partial charge < -0.3 is 19.2 Å². The number of furan rings is 1. The van der Waals surface area contributed by atoms with Crippen molar-refractivity contribution in [1.82, 2.24) is 9.29 Å². The van der Waals surface area contributed by atoms with Gasteiger partial charge in [-0.2, -0.15) is 4.31 Å². The number of thiazole rings is 1. The van der Waals surface area contributed by atoms with Crippen LogP contribution in [-0.4, -0.2) is 50.4 Å². The minimum atomic E-state index is -3.62. The number of piperidine rings is 1. The van der Waals surface area contributed by atoms with Crippen molar-refractivity contribution in [2.24, 2.45) is 5.92 Å². The van der Waals surface area contributed by atoms with E-state index in [1.165, 1.54) is 34.9 Å². The van der Waals surface area contributed by atoms with E-state index in [4.69, 9.17) is 13.9 Å². The number of methoxy groups -OCH3 is 1. The third-order valence-corrected chi connectivity index (χ3v) is 8.99. The van der Waals surface area contributed by atoms with Gasteiger partial charge in [0.25, 0.3) is 0 Å². The Balaban J connectivity index is 1.21. The average Bonchev–Trinajstić information content (AvgIpc) is 3.56. The first-order valence-corrected chi connectivity index (χ1v) is 14.3. The van der Waals surface area contributed by atoms with Crippen molar-refractivity contribution in [3.63, 3.8) is 0 Å². The molecule has 0 unspecified atom stereocenters. The molecule has 1 fully saturated rings. The molecule has 0 bridgehead atoms. The lowest BCUT2D eigenvalue weighted by atomic mass is 9.97. The summed E-state index contributed by atoms with van der Waals surface area (Å²) in [5, 5.41) is 6.10. The van der Waals surface area contributed by atoms with Gasteiger partial charge in [-0.05, 0) is 56.2 Å². The molecule has 1 aliphatic rings. The van der Waals surface area contributed by atoms with Gasteiger partial charge in [-0.25, -0.2) is 13.4 Å². The van der Waals surface area contributed by atoms with E-state index >= 15 is 0 Å². The van der Waals surface area contributed by atoms with Crippen LogP contribution >= 0.6 is 11.3 Å². The lowest BCUT2D eigenvalue weighted by Crippen LogP contribution is -2.41. The van der Waals surface area contributed by atoms with Gasteiger partial charge in [0, 0.05) is 29.8 Å². The second-order valence-corrected chi connectivity index (χ2v) is 11.4. The fourth-order valence-corrected chi connectivity index (χ4v) is 6.51. The largest absolute Gasteiger partial charge is 0.497 e. The van der Waals surface area contributed by atoms with Crippen molar-refractivity contribution in [2.45, 2.75) is 24.7 Å². The fraction of sp³-hybridized carbons (Fsp3) is 0.308. The van der Waals surface area contributed by atoms with E-state index in [0.29, 0.717) is 53.1 Å². The second kappa shape index (κ2) is 10.5. The Morgan fingerprint density at radius 2 is 1.95 bits per heavy atom. The van der Waals surface area contributed by atoms with Crippen LogP contribution in [0.25, 0.3) is 22.4 Å². The van der Waals surface area contributed by atoms with Crippen LogP contribution in [0.15, 0.2) is 63.2 Å². The van der Waals surface area contributed by atoms with Crippen LogP contribution in [0.2, 0.25) is 0 Å². The highest BCUT2D eigenvalue weighted by Crippen LogP contribution is 2.35. The Bertz CT molecular complexity index is 1500. The number of aromatic nitrogens is 1. The molecule has 0 spiro atoms. The number of amides is 1. The van der Waals surface area contributed by atoms with E-state index in [9.17, 15) is 13.2 Å². The molecular weight excluding hydrogens is 514 g/mol. The summed E-state index contributed by atoms with van der Waals surface area (Å²) in [6.45, 7) is 3.00. The maximum Gasteiger partial charge on any atom is 0.243 e. The van der Waals surface area contributed by atoms with Crippen LogP contribution in [0, 0.1) is 5.92 Å². The van der Waals surface area contributed by atoms with Gasteiger partial charge >= 0.3 is 0 Å². The Morgan fingerprint density at radius 3 is 2.65 bits per heavy atom. The molecule has 2 aromatic carbocycles. The molecule has 2 aromatic heterocycles. The fourth-order valence-electron chi connectivity index (χ4n) is 4.34. The Hall–Kier alpha value is -3.41. The smallest absolute Gasteiger partial charge is 0.243 e. The average molecular weight is 542 g/mol. The van der Waals surface area contributed by atoms with Gasteiger partial charge in [0.15, 0.2) is 22.2 Å². The summed E-state index contributed by atoms with van der Waals surface area (Å²) in [6, 6.07) is 13.9. The van der Waals surface area contributed by atoms with Crippen molar-refractivity contribution in [3.8, 4) is 23.0 Å². The van der Waals surface area contributed by atoms with E-state index in [1.54, 1.807) is 12.1 Å². The van der Waals surface area contributed by atoms with Gasteiger partial charge in [-0.3, -0.25) is 4.79 Å². The molecule has 0 radical (unpaired) electrons. The summed E-state index contributed by atoms with van der Waals surface area (Å²) in [6.07, 6.45) is 0.868. The zero-order valence-electron chi connectivity index (χ0n) is 20.5. The number of carbonyl (C=O) groups is 1. The molecule has 1 aliphatic heterocycles. The molecule has 4 aromatic rings. The summed E-state index contributed by atoms with van der Waals surface area (Å²) in [5.74, 6) is 1.40. The predicted molar refractivity (Wildman–Crippen MR) is 142 cm³/mol. The van der Waals surface area contributed by atoms with Crippen LogP contribution in [0.4, 0.5) is 5.13 Å². The van der Waals surface area contributed by atoms with Crippen LogP contribution in [0.5, 0.6) is 11.5 Å². The number of hydrogen-bond donors (Lipinski definition) is 1. The molecule has 194 valence electrons. The highest BCUT2D eigenvalue weighted by molar-refractivity contribution is 7.89. The van der Waals surface area contributed by atoms with Crippen molar-refractivity contribution in [2.75, 3.05) is 32.1 Å². The highest BCUT2D eigenvalue weighted by atomic mass is 32.2. The summed E-state index contributed by atoms with van der Waals surface area (Å²) >= 11 is 1.32. The second-order valence-electron chi connectivity index (χ2n) is 8.60. The van der Waals surface area contributed by atoms with Crippen LogP contribution in [0.3, 0.4) is 0 Å². The maximum absolute atomic E-state index is 13.0. The van der Waals surface area contributed by atoms with E-state index in [0.717, 1.165) is 5.39 Å². The lowest BCUT2D eigenvalue weighted by molar-refractivity contribution is -0.120. The number of nitrogens with zero attached hydrogens (tertiary/aromatic N) is 2. The Morgan fingerprint density at radius 1 is 1.19 bits per heavy atom. The molecule has 11 heteroatoms. The predicted octanol–water partition coefficient (Wildman–Crippen LogP) is 5.00. The Labute approximate surface area is 219 Å². The van der Waals surface area contributed by atoms with E-state index in [2.05, 4.69) is 10.3 Å². The molecular formula is C26H27N3O6S2. The minimum absolute atomic E-state index is 0.161. The first-order valence-electron chi connectivity index (χ1n) is 12.0. The number of sulfonamides is 1. The zero-order valence-corrected chi connectivity index (χ0v) is 22.1. The van der Waals surface area contributed by atoms with Crippen LogP contribution < -0.4 is 14.8 Å². The Kier molecular flexibility index (Phi) is 7.18. The number of rotatable bonds is 8. The number of anilines is 1. The van der Waals surface area contributed by atoms with Gasteiger partial charge in [-0.1, -0.05) is 12.1 Å². The first-order chi connectivity index (χ1) is 17.9. The maximum atomic E-state index is 13.0. The molecule has 0 aliphatic carbocycles. The van der Waals surface area contributed by atoms with E-state index < -0.39 is 10.0 Å². The first kappa shape index (κ1) is 25.2. The lowest BCUT2D eigenvalue weighted by Gasteiger charge is -2.30. The quantitative estimate of drug-likeness (QED) is 0.334. The third-order valence-electron chi connectivity index (χ3n) is 6.32. The monoisotopic (exact) mass is 541 g/mol.